The third-order valence-corrected chi connectivity index (χ3v) is 5.16. The molecule has 1 aliphatic heterocycles. The van der Waals surface area contributed by atoms with Crippen LogP contribution < -0.4 is 19.7 Å². The first kappa shape index (κ1) is 18.5. The normalized spacial score (nSPS) is 13.8. The van der Waals surface area contributed by atoms with Gasteiger partial charge in [0.2, 0.25) is 11.8 Å². The van der Waals surface area contributed by atoms with Crippen LogP contribution in [0.15, 0.2) is 17.5 Å². The Labute approximate surface area is 159 Å². The molecule has 1 aliphatic rings. The lowest BCUT2D eigenvalue weighted by molar-refractivity contribution is -0.117. The van der Waals surface area contributed by atoms with Gasteiger partial charge in [0.1, 0.15) is 0 Å². The molecule has 26 heavy (non-hydrogen) atoms. The Balaban J connectivity index is 1.68. The van der Waals surface area contributed by atoms with Crippen LogP contribution in [0.2, 0.25) is 5.02 Å². The first-order chi connectivity index (χ1) is 12.5. The van der Waals surface area contributed by atoms with Crippen LogP contribution >= 0.6 is 22.9 Å². The summed E-state index contributed by atoms with van der Waals surface area (Å²) in [6.45, 7) is 0.680. The van der Waals surface area contributed by atoms with Crippen LogP contribution in [0.1, 0.15) is 18.5 Å². The van der Waals surface area contributed by atoms with E-state index in [-0.39, 0.29) is 18.2 Å². The van der Waals surface area contributed by atoms with Gasteiger partial charge in [-0.3, -0.25) is 14.5 Å². The first-order valence-electron chi connectivity index (χ1n) is 7.98. The minimum absolute atomic E-state index is 0.0764. The standard InChI is InChI=1S/C17H18ClN3O4S/c1-24-13-7-11(18)12(8-14(13)25-2)20-15(22)6-10-9-26-17(19-10)21-5-3-4-16(21)23/h7-9H,3-6H2,1-2H3,(H,20,22). The average Bonchev–Trinajstić information content (AvgIpc) is 3.24. The maximum atomic E-state index is 12.3. The van der Waals surface area contributed by atoms with Crippen LogP contribution in [0.4, 0.5) is 10.8 Å². The quantitative estimate of drug-likeness (QED) is 0.812. The van der Waals surface area contributed by atoms with Gasteiger partial charge in [0.15, 0.2) is 16.6 Å². The number of aromatic nitrogens is 1. The molecule has 1 saturated heterocycles. The Hall–Kier alpha value is -2.32. The molecule has 0 bridgehead atoms. The smallest absolute Gasteiger partial charge is 0.230 e. The van der Waals surface area contributed by atoms with Crippen molar-refractivity contribution >= 4 is 45.6 Å². The molecule has 2 heterocycles. The van der Waals surface area contributed by atoms with Gasteiger partial charge in [-0.25, -0.2) is 4.98 Å². The number of hydrogen-bond acceptors (Lipinski definition) is 6. The topological polar surface area (TPSA) is 80.8 Å². The summed E-state index contributed by atoms with van der Waals surface area (Å²) in [5, 5.41) is 5.52. The van der Waals surface area contributed by atoms with E-state index in [4.69, 9.17) is 21.1 Å². The summed E-state index contributed by atoms with van der Waals surface area (Å²) in [6.07, 6.45) is 1.47. The summed E-state index contributed by atoms with van der Waals surface area (Å²) in [4.78, 5) is 30.2. The van der Waals surface area contributed by atoms with Gasteiger partial charge < -0.3 is 14.8 Å². The minimum atomic E-state index is -0.260. The highest BCUT2D eigenvalue weighted by atomic mass is 35.5. The van der Waals surface area contributed by atoms with Crippen LogP contribution in [0, 0.1) is 0 Å². The molecule has 7 nitrogen and oxygen atoms in total. The van der Waals surface area contributed by atoms with E-state index >= 15 is 0 Å². The zero-order valence-electron chi connectivity index (χ0n) is 14.4. The molecule has 3 rings (SSSR count). The molecular formula is C17H18ClN3O4S. The minimum Gasteiger partial charge on any atom is -0.493 e. The molecule has 0 aliphatic carbocycles. The molecule has 1 aromatic heterocycles. The summed E-state index contributed by atoms with van der Waals surface area (Å²) in [6, 6.07) is 3.18. The second-order valence-corrected chi connectivity index (χ2v) is 6.93. The van der Waals surface area contributed by atoms with E-state index in [1.165, 1.54) is 25.6 Å². The Morgan fingerprint density at radius 1 is 1.35 bits per heavy atom. The molecule has 2 aromatic rings. The van der Waals surface area contributed by atoms with Crippen molar-refractivity contribution in [2.45, 2.75) is 19.3 Å². The second-order valence-electron chi connectivity index (χ2n) is 5.68. The van der Waals surface area contributed by atoms with Gasteiger partial charge in [-0.2, -0.15) is 0 Å². The van der Waals surface area contributed by atoms with Crippen molar-refractivity contribution in [2.24, 2.45) is 0 Å². The Morgan fingerprint density at radius 3 is 2.73 bits per heavy atom. The largest absolute Gasteiger partial charge is 0.493 e. The predicted octanol–water partition coefficient (Wildman–Crippen LogP) is 3.12. The number of amides is 2. The average molecular weight is 396 g/mol. The van der Waals surface area contributed by atoms with Gasteiger partial charge in [0, 0.05) is 30.5 Å². The summed E-state index contributed by atoms with van der Waals surface area (Å²) >= 11 is 7.55. The van der Waals surface area contributed by atoms with Crippen LogP contribution in [-0.4, -0.2) is 37.6 Å². The Bertz CT molecular complexity index is 839. The molecule has 2 amide bonds. The summed E-state index contributed by atoms with van der Waals surface area (Å²) in [5.74, 6) is 0.766. The zero-order valence-corrected chi connectivity index (χ0v) is 15.9. The van der Waals surface area contributed by atoms with E-state index in [0.717, 1.165) is 6.42 Å². The number of halogens is 1. The Morgan fingerprint density at radius 2 is 2.08 bits per heavy atom. The summed E-state index contributed by atoms with van der Waals surface area (Å²) < 4.78 is 10.4. The lowest BCUT2D eigenvalue weighted by Crippen LogP contribution is -2.23. The van der Waals surface area contributed by atoms with Crippen LogP contribution in [0.3, 0.4) is 0 Å². The van der Waals surface area contributed by atoms with Crippen molar-refractivity contribution in [3.63, 3.8) is 0 Å². The van der Waals surface area contributed by atoms with Gasteiger partial charge in [-0.15, -0.1) is 11.3 Å². The number of ether oxygens (including phenoxy) is 2. The van der Waals surface area contributed by atoms with Crippen molar-refractivity contribution in [2.75, 3.05) is 31.0 Å². The molecule has 1 N–H and O–H groups in total. The number of methoxy groups -OCH3 is 2. The maximum Gasteiger partial charge on any atom is 0.230 e. The van der Waals surface area contributed by atoms with Gasteiger partial charge in [0.25, 0.3) is 0 Å². The number of nitrogens with zero attached hydrogens (tertiary/aromatic N) is 2. The SMILES string of the molecule is COc1cc(Cl)c(NC(=O)Cc2csc(N3CCCC3=O)n2)cc1OC. The number of anilines is 2. The molecule has 1 fully saturated rings. The second kappa shape index (κ2) is 7.92. The van der Waals surface area contributed by atoms with E-state index in [1.54, 1.807) is 22.4 Å². The first-order valence-corrected chi connectivity index (χ1v) is 9.23. The molecule has 9 heteroatoms. The predicted molar refractivity (Wildman–Crippen MR) is 101 cm³/mol. The highest BCUT2D eigenvalue weighted by molar-refractivity contribution is 7.14. The molecule has 0 unspecified atom stereocenters. The van der Waals surface area contributed by atoms with E-state index in [2.05, 4.69) is 10.3 Å². The monoisotopic (exact) mass is 395 g/mol. The highest BCUT2D eigenvalue weighted by Gasteiger charge is 2.24. The van der Waals surface area contributed by atoms with Gasteiger partial charge in [-0.05, 0) is 6.42 Å². The van der Waals surface area contributed by atoms with Gasteiger partial charge in [0.05, 0.1) is 37.0 Å². The summed E-state index contributed by atoms with van der Waals surface area (Å²) in [7, 11) is 3.02. The third-order valence-electron chi connectivity index (χ3n) is 3.93. The fraction of sp³-hybridized carbons (Fsp3) is 0.353. The number of carbonyl (C=O) groups is 2. The maximum absolute atomic E-state index is 12.3. The number of carbonyl (C=O) groups excluding carboxylic acids is 2. The number of nitrogens with one attached hydrogen (secondary N) is 1. The van der Waals surface area contributed by atoms with E-state index in [1.807, 2.05) is 0 Å². The fourth-order valence-electron chi connectivity index (χ4n) is 2.66. The van der Waals surface area contributed by atoms with Crippen molar-refractivity contribution < 1.29 is 19.1 Å². The lowest BCUT2D eigenvalue weighted by atomic mass is 10.2. The highest BCUT2D eigenvalue weighted by Crippen LogP contribution is 2.36. The molecular weight excluding hydrogens is 378 g/mol. The van der Waals surface area contributed by atoms with Crippen LogP contribution in [-0.2, 0) is 16.0 Å². The number of hydrogen-bond donors (Lipinski definition) is 1. The van der Waals surface area contributed by atoms with Gasteiger partial charge >= 0.3 is 0 Å². The van der Waals surface area contributed by atoms with Crippen molar-refractivity contribution in [1.29, 1.82) is 0 Å². The molecule has 1 aromatic carbocycles. The fourth-order valence-corrected chi connectivity index (χ4v) is 3.73. The molecule has 0 spiro atoms. The van der Waals surface area contributed by atoms with Crippen LogP contribution in [0.5, 0.6) is 11.5 Å². The number of benzene rings is 1. The van der Waals surface area contributed by atoms with Gasteiger partial charge in [-0.1, -0.05) is 11.6 Å². The Kier molecular flexibility index (Phi) is 5.63. The number of thiazole rings is 1. The molecule has 138 valence electrons. The van der Waals surface area contributed by atoms with Crippen molar-refractivity contribution in [3.05, 3.63) is 28.2 Å². The van der Waals surface area contributed by atoms with Crippen molar-refractivity contribution in [1.82, 2.24) is 4.98 Å². The lowest BCUT2D eigenvalue weighted by Gasteiger charge is -2.12. The third kappa shape index (κ3) is 3.91. The van der Waals surface area contributed by atoms with Crippen LogP contribution in [0.25, 0.3) is 0 Å². The molecule has 0 atom stereocenters. The molecule has 0 saturated carbocycles. The number of rotatable bonds is 6. The van der Waals surface area contributed by atoms with E-state index in [9.17, 15) is 9.59 Å². The zero-order chi connectivity index (χ0) is 18.7. The summed E-state index contributed by atoms with van der Waals surface area (Å²) in [5.41, 5.74) is 1.04. The van der Waals surface area contributed by atoms with E-state index < -0.39 is 0 Å². The van der Waals surface area contributed by atoms with E-state index in [0.29, 0.717) is 46.0 Å². The molecule has 0 radical (unpaired) electrons. The van der Waals surface area contributed by atoms with Crippen molar-refractivity contribution in [3.8, 4) is 11.5 Å².